The van der Waals surface area contributed by atoms with Crippen molar-refractivity contribution in [2.45, 2.75) is 12.7 Å². The summed E-state index contributed by atoms with van der Waals surface area (Å²) in [6.45, 7) is 2.99. The number of carbonyl (C=O) groups excluding carboxylic acids is 2. The molecule has 102 valence electrons. The molecule has 1 aromatic carbocycles. The second-order valence-electron chi connectivity index (χ2n) is 3.57. The highest BCUT2D eigenvalue weighted by molar-refractivity contribution is 5.98. The minimum atomic E-state index is -4.91. The maximum Gasteiger partial charge on any atom is 0.471 e. The topological polar surface area (TPSA) is 58.2 Å². The molecule has 0 aliphatic rings. The van der Waals surface area contributed by atoms with Gasteiger partial charge >= 0.3 is 12.1 Å². The Balaban J connectivity index is 2.65. The molecule has 0 radical (unpaired) electrons. The largest absolute Gasteiger partial charge is 0.471 e. The molecular formula is C12H11F3N2O2. The van der Waals surface area contributed by atoms with E-state index < -0.39 is 18.0 Å². The van der Waals surface area contributed by atoms with E-state index in [0.717, 1.165) is 6.08 Å². The molecule has 4 nitrogen and oxygen atoms in total. The second kappa shape index (κ2) is 6.03. The lowest BCUT2D eigenvalue weighted by Crippen LogP contribution is -2.36. The first-order valence-corrected chi connectivity index (χ1v) is 5.20. The van der Waals surface area contributed by atoms with Crippen molar-refractivity contribution in [3.05, 3.63) is 42.5 Å². The number of carbonyl (C=O) groups is 2. The second-order valence-corrected chi connectivity index (χ2v) is 3.57. The van der Waals surface area contributed by atoms with Gasteiger partial charge in [0.2, 0.25) is 5.91 Å². The van der Waals surface area contributed by atoms with Crippen molar-refractivity contribution in [3.8, 4) is 0 Å². The Bertz CT molecular complexity index is 498. The number of benzene rings is 1. The minimum absolute atomic E-state index is 0.282. The molecule has 0 heterocycles. The van der Waals surface area contributed by atoms with Gasteiger partial charge in [0.25, 0.3) is 0 Å². The third-order valence-corrected chi connectivity index (χ3v) is 2.09. The number of amides is 2. The summed E-state index contributed by atoms with van der Waals surface area (Å²) in [7, 11) is 0. The van der Waals surface area contributed by atoms with Gasteiger partial charge in [0.1, 0.15) is 0 Å². The number of nitrogens with one attached hydrogen (secondary N) is 2. The molecule has 0 atom stereocenters. The van der Waals surface area contributed by atoms with Crippen molar-refractivity contribution in [1.82, 2.24) is 5.32 Å². The molecule has 0 saturated carbocycles. The van der Waals surface area contributed by atoms with Gasteiger partial charge in [0.15, 0.2) is 0 Å². The first kappa shape index (κ1) is 14.7. The van der Waals surface area contributed by atoms with E-state index in [1.807, 2.05) is 0 Å². The van der Waals surface area contributed by atoms with Gasteiger partial charge < -0.3 is 10.6 Å². The van der Waals surface area contributed by atoms with Gasteiger partial charge in [-0.3, -0.25) is 9.59 Å². The molecule has 0 aliphatic heterocycles. The molecule has 0 spiro atoms. The standard InChI is InChI=1S/C12H11F3N2O2/c1-2-10(18)17-9-5-3-4-8(6-9)7-16-11(19)12(13,14)15/h2-6H,1,7H2,(H,16,19)(H,17,18). The van der Waals surface area contributed by atoms with E-state index in [9.17, 15) is 22.8 Å². The van der Waals surface area contributed by atoms with Crippen molar-refractivity contribution >= 4 is 17.5 Å². The maximum atomic E-state index is 12.0. The van der Waals surface area contributed by atoms with E-state index in [-0.39, 0.29) is 6.54 Å². The average Bonchev–Trinajstić information content (AvgIpc) is 2.35. The van der Waals surface area contributed by atoms with Gasteiger partial charge in [-0.05, 0) is 23.8 Å². The Labute approximate surface area is 107 Å². The van der Waals surface area contributed by atoms with Crippen LogP contribution in [0.4, 0.5) is 18.9 Å². The first-order valence-electron chi connectivity index (χ1n) is 5.20. The van der Waals surface area contributed by atoms with Crippen molar-refractivity contribution < 1.29 is 22.8 Å². The molecule has 19 heavy (non-hydrogen) atoms. The Hall–Kier alpha value is -2.31. The number of halogens is 3. The number of hydrogen-bond acceptors (Lipinski definition) is 2. The molecule has 0 fully saturated rings. The molecule has 7 heteroatoms. The van der Waals surface area contributed by atoms with Crippen LogP contribution in [0.3, 0.4) is 0 Å². The van der Waals surface area contributed by atoms with E-state index in [2.05, 4.69) is 11.9 Å². The predicted octanol–water partition coefficient (Wildman–Crippen LogP) is 1.99. The summed E-state index contributed by atoms with van der Waals surface area (Å²) in [6, 6.07) is 6.10. The van der Waals surface area contributed by atoms with Crippen molar-refractivity contribution in [1.29, 1.82) is 0 Å². The van der Waals surface area contributed by atoms with Gasteiger partial charge in [0.05, 0.1) is 0 Å². The third-order valence-electron chi connectivity index (χ3n) is 2.09. The molecule has 2 N–H and O–H groups in total. The fourth-order valence-electron chi connectivity index (χ4n) is 1.23. The van der Waals surface area contributed by atoms with E-state index in [4.69, 9.17) is 0 Å². The highest BCUT2D eigenvalue weighted by Crippen LogP contribution is 2.15. The summed E-state index contributed by atoms with van der Waals surface area (Å²) in [5, 5.41) is 4.19. The van der Waals surface area contributed by atoms with Gasteiger partial charge in [-0.2, -0.15) is 13.2 Å². The number of hydrogen-bond donors (Lipinski definition) is 2. The fourth-order valence-corrected chi connectivity index (χ4v) is 1.23. The molecule has 1 aromatic rings. The summed E-state index contributed by atoms with van der Waals surface area (Å²) in [6.07, 6.45) is -3.84. The molecule has 0 unspecified atom stereocenters. The van der Waals surface area contributed by atoms with Crippen LogP contribution in [-0.2, 0) is 16.1 Å². The summed E-state index contributed by atoms with van der Waals surface area (Å²) in [5.74, 6) is -2.44. The number of alkyl halides is 3. The van der Waals surface area contributed by atoms with Crippen LogP contribution in [0.25, 0.3) is 0 Å². The monoisotopic (exact) mass is 272 g/mol. The maximum absolute atomic E-state index is 12.0. The molecule has 0 bridgehead atoms. The van der Waals surface area contributed by atoms with Gasteiger partial charge in [-0.1, -0.05) is 18.7 Å². The molecule has 2 amide bonds. The molecule has 0 saturated heterocycles. The average molecular weight is 272 g/mol. The van der Waals surface area contributed by atoms with Crippen molar-refractivity contribution in [2.24, 2.45) is 0 Å². The SMILES string of the molecule is C=CC(=O)Nc1cccc(CNC(=O)C(F)(F)F)c1. The molecular weight excluding hydrogens is 261 g/mol. The lowest BCUT2D eigenvalue weighted by Gasteiger charge is -2.09. The Morgan fingerprint density at radius 3 is 2.58 bits per heavy atom. The summed E-state index contributed by atoms with van der Waals surface area (Å²) in [5.41, 5.74) is 0.836. The van der Waals surface area contributed by atoms with Gasteiger partial charge in [-0.25, -0.2) is 0 Å². The zero-order chi connectivity index (χ0) is 14.5. The summed E-state index contributed by atoms with van der Waals surface area (Å²) >= 11 is 0. The fraction of sp³-hybridized carbons (Fsp3) is 0.167. The van der Waals surface area contributed by atoms with E-state index >= 15 is 0 Å². The highest BCUT2D eigenvalue weighted by Gasteiger charge is 2.38. The minimum Gasteiger partial charge on any atom is -0.344 e. The van der Waals surface area contributed by atoms with Crippen LogP contribution in [-0.4, -0.2) is 18.0 Å². The van der Waals surface area contributed by atoms with Gasteiger partial charge in [-0.15, -0.1) is 0 Å². The highest BCUT2D eigenvalue weighted by atomic mass is 19.4. The Morgan fingerprint density at radius 1 is 1.32 bits per heavy atom. The van der Waals surface area contributed by atoms with Crippen molar-refractivity contribution in [2.75, 3.05) is 5.32 Å². The van der Waals surface area contributed by atoms with Crippen LogP contribution in [0.1, 0.15) is 5.56 Å². The van der Waals surface area contributed by atoms with Crippen LogP contribution in [0.5, 0.6) is 0 Å². The van der Waals surface area contributed by atoms with Crippen LogP contribution in [0.2, 0.25) is 0 Å². The number of anilines is 1. The van der Waals surface area contributed by atoms with Crippen LogP contribution >= 0.6 is 0 Å². The quantitative estimate of drug-likeness (QED) is 0.823. The van der Waals surface area contributed by atoms with Crippen LogP contribution < -0.4 is 10.6 Å². The smallest absolute Gasteiger partial charge is 0.344 e. The molecule has 0 aromatic heterocycles. The summed E-state index contributed by atoms with van der Waals surface area (Å²) < 4.78 is 35.9. The molecule has 0 aliphatic carbocycles. The third kappa shape index (κ3) is 4.82. The normalized spacial score (nSPS) is 10.7. The Morgan fingerprint density at radius 2 is 2.00 bits per heavy atom. The van der Waals surface area contributed by atoms with Crippen LogP contribution in [0, 0.1) is 0 Å². The predicted molar refractivity (Wildman–Crippen MR) is 63.2 cm³/mol. The van der Waals surface area contributed by atoms with E-state index in [0.29, 0.717) is 11.3 Å². The number of rotatable bonds is 4. The lowest BCUT2D eigenvalue weighted by atomic mass is 10.2. The zero-order valence-corrected chi connectivity index (χ0v) is 9.75. The van der Waals surface area contributed by atoms with Crippen LogP contribution in [0.15, 0.2) is 36.9 Å². The van der Waals surface area contributed by atoms with Gasteiger partial charge in [0, 0.05) is 12.2 Å². The first-order chi connectivity index (χ1) is 8.82. The summed E-state index contributed by atoms with van der Waals surface area (Å²) in [4.78, 5) is 21.7. The lowest BCUT2D eigenvalue weighted by molar-refractivity contribution is -0.173. The zero-order valence-electron chi connectivity index (χ0n) is 9.75. The van der Waals surface area contributed by atoms with E-state index in [1.165, 1.54) is 12.1 Å². The van der Waals surface area contributed by atoms with E-state index in [1.54, 1.807) is 17.4 Å². The Kier molecular flexibility index (Phi) is 4.68. The van der Waals surface area contributed by atoms with Crippen molar-refractivity contribution in [3.63, 3.8) is 0 Å². The molecule has 1 rings (SSSR count).